The van der Waals surface area contributed by atoms with Crippen molar-refractivity contribution in [3.8, 4) is 5.88 Å². The predicted octanol–water partition coefficient (Wildman–Crippen LogP) is -0.446. The number of aliphatic hydroxyl groups is 3. The summed E-state index contributed by atoms with van der Waals surface area (Å²) in [5.74, 6) is -0.469. The van der Waals surface area contributed by atoms with Gasteiger partial charge < -0.3 is 39.5 Å². The Morgan fingerprint density at radius 3 is 2.65 bits per heavy atom. The molecule has 0 bridgehead atoms. The van der Waals surface area contributed by atoms with E-state index < -0.39 is 49.5 Å². The molecule has 0 amide bonds. The Hall–Kier alpha value is -4.70. The average molecular weight is 636 g/mol. The van der Waals surface area contributed by atoms with Crippen molar-refractivity contribution in [3.63, 3.8) is 0 Å². The second-order valence-corrected chi connectivity index (χ2v) is 11.8. The number of hydrogen-bond acceptors (Lipinski definition) is 12. The van der Waals surface area contributed by atoms with Gasteiger partial charge in [-0.15, -0.1) is 5.10 Å². The SMILES string of the molecule is CC(C)(C)c1[nH]cnc1/C=c1\[nH]c(=O)/c(=C/c2ccccc2)nc1OCOC(=O)CCCc1cn(C2O[C@@H](CO)[C@H](O)[C@@H]2O)nn1. The third-order valence-electron chi connectivity index (χ3n) is 7.30. The normalized spacial score (nSPS) is 20.7. The first kappa shape index (κ1) is 32.7. The number of aliphatic hydroxyl groups excluding tert-OH is 3. The lowest BCUT2D eigenvalue weighted by molar-refractivity contribution is -0.150. The summed E-state index contributed by atoms with van der Waals surface area (Å²) in [4.78, 5) is 40.2. The van der Waals surface area contributed by atoms with Gasteiger partial charge >= 0.3 is 5.97 Å². The molecule has 15 nitrogen and oxygen atoms in total. The van der Waals surface area contributed by atoms with E-state index in [1.165, 1.54) is 4.68 Å². The number of aromatic amines is 2. The van der Waals surface area contributed by atoms with E-state index in [4.69, 9.17) is 14.2 Å². The number of rotatable bonds is 11. The molecule has 0 spiro atoms. The molecule has 5 rings (SSSR count). The van der Waals surface area contributed by atoms with Gasteiger partial charge in [0.25, 0.3) is 5.56 Å². The smallest absolute Gasteiger partial charge is 0.308 e. The number of aromatic nitrogens is 7. The lowest BCUT2D eigenvalue weighted by atomic mass is 9.90. The number of hydrogen-bond donors (Lipinski definition) is 5. The van der Waals surface area contributed by atoms with Gasteiger partial charge in [0, 0.05) is 17.5 Å². The Kier molecular flexibility index (Phi) is 10.1. The van der Waals surface area contributed by atoms with E-state index in [0.717, 1.165) is 11.3 Å². The zero-order valence-corrected chi connectivity index (χ0v) is 25.7. The van der Waals surface area contributed by atoms with Crippen LogP contribution in [0, 0.1) is 0 Å². The van der Waals surface area contributed by atoms with E-state index in [9.17, 15) is 24.9 Å². The predicted molar refractivity (Wildman–Crippen MR) is 163 cm³/mol. The maximum absolute atomic E-state index is 13.0. The molecule has 0 aliphatic carbocycles. The summed E-state index contributed by atoms with van der Waals surface area (Å²) in [5.41, 5.74) is 2.08. The van der Waals surface area contributed by atoms with Gasteiger partial charge in [0.15, 0.2) is 6.23 Å². The van der Waals surface area contributed by atoms with Crippen LogP contribution in [-0.2, 0) is 26.1 Å². The molecule has 1 aromatic carbocycles. The summed E-state index contributed by atoms with van der Waals surface area (Å²) in [6, 6.07) is 9.24. The van der Waals surface area contributed by atoms with Crippen molar-refractivity contribution in [1.29, 1.82) is 0 Å². The van der Waals surface area contributed by atoms with Gasteiger partial charge in [-0.3, -0.25) is 9.59 Å². The molecule has 46 heavy (non-hydrogen) atoms. The second kappa shape index (κ2) is 14.2. The van der Waals surface area contributed by atoms with Crippen molar-refractivity contribution < 1.29 is 34.3 Å². The third-order valence-corrected chi connectivity index (χ3v) is 7.30. The molecule has 244 valence electrons. The van der Waals surface area contributed by atoms with Crippen LogP contribution in [0.5, 0.6) is 5.88 Å². The number of imidazole rings is 1. The van der Waals surface area contributed by atoms with Crippen molar-refractivity contribution in [1.82, 2.24) is 34.9 Å². The number of esters is 1. The van der Waals surface area contributed by atoms with Crippen LogP contribution in [-0.4, -0.2) is 87.9 Å². The fourth-order valence-corrected chi connectivity index (χ4v) is 4.91. The van der Waals surface area contributed by atoms with E-state index in [1.54, 1.807) is 24.7 Å². The lowest BCUT2D eigenvalue weighted by Gasteiger charge is -2.17. The minimum absolute atomic E-state index is 0.0529. The maximum Gasteiger partial charge on any atom is 0.308 e. The minimum Gasteiger partial charge on any atom is -0.438 e. The van der Waals surface area contributed by atoms with Gasteiger partial charge in [-0.25, -0.2) is 14.6 Å². The van der Waals surface area contributed by atoms with Crippen LogP contribution in [0.2, 0.25) is 0 Å². The van der Waals surface area contributed by atoms with Gasteiger partial charge in [0.05, 0.1) is 30.5 Å². The molecule has 3 aromatic heterocycles. The molecular formula is C31H37N7O8. The zero-order valence-electron chi connectivity index (χ0n) is 25.7. The fourth-order valence-electron chi connectivity index (χ4n) is 4.91. The summed E-state index contributed by atoms with van der Waals surface area (Å²) in [6.07, 6.45) is 2.77. The highest BCUT2D eigenvalue weighted by Gasteiger charge is 2.43. The average Bonchev–Trinajstić information content (AvgIpc) is 3.75. The van der Waals surface area contributed by atoms with Crippen molar-refractivity contribution in [2.24, 2.45) is 0 Å². The van der Waals surface area contributed by atoms with Crippen LogP contribution < -0.4 is 21.0 Å². The molecule has 0 saturated carbocycles. The first-order chi connectivity index (χ1) is 22.0. The molecule has 0 radical (unpaired) electrons. The van der Waals surface area contributed by atoms with Gasteiger partial charge in [-0.2, -0.15) is 0 Å². The summed E-state index contributed by atoms with van der Waals surface area (Å²) in [5, 5.41) is 37.8. The highest BCUT2D eigenvalue weighted by atomic mass is 16.7. The Balaban J connectivity index is 1.24. The zero-order chi connectivity index (χ0) is 32.8. The molecule has 1 unspecified atom stereocenters. The summed E-state index contributed by atoms with van der Waals surface area (Å²) in [7, 11) is 0. The standard InChI is InChI=1S/C31H37N7O8/c1-31(2,3)27-20(32-16-33-27)13-22-29(35-21(28(43)34-22)12-18-8-5-4-6-9-18)45-17-44-24(40)11-7-10-19-14-38(37-36-19)30-26(42)25(41)23(15-39)46-30/h4-6,8-9,12-14,16,23,25-26,30,39,41-42H,7,10-11,15,17H2,1-3H3,(H,32,33)(H,34,43)/b21-12-,22-13-/t23-,25-,26-,30?/m0/s1. The number of aryl methyl sites for hydroxylation is 1. The maximum atomic E-state index is 13.0. The Bertz CT molecular complexity index is 1810. The Morgan fingerprint density at radius 1 is 1.15 bits per heavy atom. The molecule has 5 N–H and O–H groups in total. The quantitative estimate of drug-likeness (QED) is 0.105. The van der Waals surface area contributed by atoms with E-state index in [0.29, 0.717) is 24.2 Å². The third kappa shape index (κ3) is 7.74. The van der Waals surface area contributed by atoms with Gasteiger partial charge in [0.2, 0.25) is 12.7 Å². The molecule has 4 aromatic rings. The minimum atomic E-state index is -1.27. The molecule has 4 atom stereocenters. The number of benzene rings is 1. The molecular weight excluding hydrogens is 598 g/mol. The second-order valence-electron chi connectivity index (χ2n) is 11.8. The number of carbonyl (C=O) groups is 1. The highest BCUT2D eigenvalue weighted by molar-refractivity contribution is 5.69. The molecule has 1 saturated heterocycles. The Morgan fingerprint density at radius 2 is 1.93 bits per heavy atom. The molecule has 1 fully saturated rings. The van der Waals surface area contributed by atoms with Crippen LogP contribution in [0.4, 0.5) is 0 Å². The van der Waals surface area contributed by atoms with E-state index in [2.05, 4.69) is 30.2 Å². The largest absolute Gasteiger partial charge is 0.438 e. The molecule has 1 aliphatic rings. The number of nitrogens with one attached hydrogen (secondary N) is 2. The van der Waals surface area contributed by atoms with E-state index in [-0.39, 0.29) is 28.4 Å². The van der Waals surface area contributed by atoms with Crippen LogP contribution in [0.1, 0.15) is 62.5 Å². The van der Waals surface area contributed by atoms with Gasteiger partial charge in [0.1, 0.15) is 29.0 Å². The summed E-state index contributed by atoms with van der Waals surface area (Å²) >= 11 is 0. The summed E-state index contributed by atoms with van der Waals surface area (Å²) in [6.45, 7) is 5.20. The van der Waals surface area contributed by atoms with E-state index >= 15 is 0 Å². The first-order valence-electron chi connectivity index (χ1n) is 14.8. The Labute approximate surface area is 263 Å². The first-order valence-corrected chi connectivity index (χ1v) is 14.8. The van der Waals surface area contributed by atoms with Crippen LogP contribution in [0.15, 0.2) is 47.7 Å². The molecule has 15 heteroatoms. The van der Waals surface area contributed by atoms with Crippen molar-refractivity contribution in [2.75, 3.05) is 13.4 Å². The topological polar surface area (TPSA) is 211 Å². The summed E-state index contributed by atoms with van der Waals surface area (Å²) < 4.78 is 17.8. The lowest BCUT2D eigenvalue weighted by Crippen LogP contribution is -2.38. The van der Waals surface area contributed by atoms with E-state index in [1.807, 2.05) is 51.1 Å². The highest BCUT2D eigenvalue weighted by Crippen LogP contribution is 2.28. The van der Waals surface area contributed by atoms with Crippen LogP contribution in [0.3, 0.4) is 0 Å². The van der Waals surface area contributed by atoms with Crippen LogP contribution in [0.25, 0.3) is 12.2 Å². The van der Waals surface area contributed by atoms with Gasteiger partial charge in [-0.05, 0) is 30.6 Å². The van der Waals surface area contributed by atoms with Crippen molar-refractivity contribution in [2.45, 2.75) is 70.0 Å². The van der Waals surface area contributed by atoms with Gasteiger partial charge in [-0.1, -0.05) is 56.3 Å². The molecule has 1 aliphatic heterocycles. The number of nitrogens with zero attached hydrogens (tertiary/aromatic N) is 5. The number of H-pyrrole nitrogens is 2. The monoisotopic (exact) mass is 635 g/mol. The number of ether oxygens (including phenoxy) is 3. The fraction of sp³-hybridized carbons (Fsp3) is 0.419. The number of carbonyl (C=O) groups excluding carboxylic acids is 1. The van der Waals surface area contributed by atoms with Crippen molar-refractivity contribution >= 4 is 18.1 Å². The molecule has 4 heterocycles. The van der Waals surface area contributed by atoms with Crippen molar-refractivity contribution in [3.05, 3.63) is 86.6 Å². The van der Waals surface area contributed by atoms with Crippen LogP contribution >= 0.6 is 0 Å².